The van der Waals surface area contributed by atoms with Crippen molar-refractivity contribution in [2.75, 3.05) is 31.5 Å². The summed E-state index contributed by atoms with van der Waals surface area (Å²) in [5, 5.41) is 5.94. The molecule has 0 atom stereocenters. The van der Waals surface area contributed by atoms with Crippen molar-refractivity contribution in [3.05, 3.63) is 46.4 Å². The Morgan fingerprint density at radius 2 is 1.79 bits per heavy atom. The van der Waals surface area contributed by atoms with E-state index in [0.29, 0.717) is 21.9 Å². The molecule has 12 heteroatoms. The fourth-order valence-corrected chi connectivity index (χ4v) is 6.64. The number of halogens is 2. The normalized spacial score (nSPS) is 15.1. The van der Waals surface area contributed by atoms with Gasteiger partial charge in [0.2, 0.25) is 0 Å². The number of thiazole rings is 1. The van der Waals surface area contributed by atoms with Crippen LogP contribution in [0.2, 0.25) is 10.0 Å². The third-order valence-corrected chi connectivity index (χ3v) is 8.51. The molecule has 2 heterocycles. The van der Waals surface area contributed by atoms with E-state index in [1.807, 2.05) is 0 Å². The van der Waals surface area contributed by atoms with Crippen LogP contribution in [0, 0.1) is 0 Å². The maximum atomic E-state index is 12.7. The number of hydrogen-bond acceptors (Lipinski definition) is 7. The first-order chi connectivity index (χ1) is 16.3. The number of nitrogens with one attached hydrogen (secondary N) is 2. The number of urea groups is 1. The van der Waals surface area contributed by atoms with E-state index < -0.39 is 10.1 Å². The van der Waals surface area contributed by atoms with Gasteiger partial charge >= 0.3 is 16.1 Å². The molecule has 0 aliphatic carbocycles. The second-order valence-electron chi connectivity index (χ2n) is 7.87. The molecule has 0 bridgehead atoms. The van der Waals surface area contributed by atoms with Crippen LogP contribution in [0.25, 0.3) is 10.2 Å². The molecule has 1 fully saturated rings. The summed E-state index contributed by atoms with van der Waals surface area (Å²) in [6.07, 6.45) is 4.95. The molecule has 8 nitrogen and oxygen atoms in total. The van der Waals surface area contributed by atoms with Gasteiger partial charge in [-0.25, -0.2) is 9.78 Å². The van der Waals surface area contributed by atoms with Gasteiger partial charge in [0.25, 0.3) is 0 Å². The van der Waals surface area contributed by atoms with Crippen molar-refractivity contribution in [2.24, 2.45) is 0 Å². The first kappa shape index (κ1) is 25.0. The van der Waals surface area contributed by atoms with Gasteiger partial charge in [-0.1, -0.05) is 53.4 Å². The number of aromatic nitrogens is 1. The lowest BCUT2D eigenvalue weighted by Crippen LogP contribution is -2.37. The lowest BCUT2D eigenvalue weighted by Gasteiger charge is -2.19. The van der Waals surface area contributed by atoms with Gasteiger partial charge in [0.1, 0.15) is 10.6 Å². The molecular weight excluding hydrogens is 519 g/mol. The second kappa shape index (κ2) is 11.1. The summed E-state index contributed by atoms with van der Waals surface area (Å²) in [4.78, 5) is 18.7. The second-order valence-corrected chi connectivity index (χ2v) is 11.2. The molecule has 1 aromatic heterocycles. The van der Waals surface area contributed by atoms with Crippen molar-refractivity contribution in [1.29, 1.82) is 0 Å². The molecular formula is C22H24Cl2N4O4S2. The number of nitrogens with zero attached hydrogens (tertiary/aromatic N) is 2. The Bertz CT molecular complexity index is 1250. The molecule has 1 aliphatic rings. The Morgan fingerprint density at radius 1 is 1.09 bits per heavy atom. The van der Waals surface area contributed by atoms with E-state index in [9.17, 15) is 13.2 Å². The zero-order valence-corrected chi connectivity index (χ0v) is 21.4. The maximum Gasteiger partial charge on any atom is 0.342 e. The van der Waals surface area contributed by atoms with Crippen LogP contribution in [0.1, 0.15) is 25.7 Å². The molecule has 2 N–H and O–H groups in total. The molecule has 0 spiro atoms. The van der Waals surface area contributed by atoms with Crippen LogP contribution in [0.5, 0.6) is 5.75 Å². The minimum Gasteiger partial charge on any atom is -0.379 e. The number of fused-ring (bicyclic) bond motifs is 1. The van der Waals surface area contributed by atoms with Crippen LogP contribution in [-0.2, 0) is 10.1 Å². The lowest BCUT2D eigenvalue weighted by molar-refractivity contribution is 0.246. The zero-order chi connectivity index (χ0) is 24.1. The smallest absolute Gasteiger partial charge is 0.342 e. The summed E-state index contributed by atoms with van der Waals surface area (Å²) in [6, 6.07) is 8.70. The minimum absolute atomic E-state index is 0.0280. The summed E-state index contributed by atoms with van der Waals surface area (Å²) in [5.74, 6) is 0.0839. The number of carbonyl (C=O) groups excluding carboxylic acids is 1. The lowest BCUT2D eigenvalue weighted by atomic mass is 10.2. The first-order valence-corrected chi connectivity index (χ1v) is 13.9. The highest BCUT2D eigenvalue weighted by atomic mass is 35.5. The Balaban J connectivity index is 1.37. The van der Waals surface area contributed by atoms with Gasteiger partial charge in [-0.05, 0) is 50.2 Å². The third kappa shape index (κ3) is 6.31. The fraction of sp³-hybridized carbons (Fsp3) is 0.364. The number of anilines is 1. The van der Waals surface area contributed by atoms with Gasteiger partial charge in [0, 0.05) is 19.2 Å². The van der Waals surface area contributed by atoms with E-state index in [1.165, 1.54) is 61.3 Å². The van der Waals surface area contributed by atoms with Crippen LogP contribution in [0.4, 0.5) is 9.93 Å². The van der Waals surface area contributed by atoms with Gasteiger partial charge in [-0.3, -0.25) is 5.32 Å². The number of carbonyl (C=O) groups is 1. The Morgan fingerprint density at radius 3 is 2.50 bits per heavy atom. The quantitative estimate of drug-likeness (QED) is 0.389. The van der Waals surface area contributed by atoms with Crippen molar-refractivity contribution in [2.45, 2.75) is 30.6 Å². The van der Waals surface area contributed by atoms with Crippen LogP contribution in [-0.4, -0.2) is 50.5 Å². The molecule has 2 amide bonds. The summed E-state index contributed by atoms with van der Waals surface area (Å²) >= 11 is 13.2. The van der Waals surface area contributed by atoms with E-state index in [2.05, 4.69) is 20.5 Å². The topological polar surface area (TPSA) is 101 Å². The van der Waals surface area contributed by atoms with Crippen LogP contribution < -0.4 is 14.8 Å². The molecule has 1 saturated heterocycles. The van der Waals surface area contributed by atoms with Crippen molar-refractivity contribution >= 4 is 66.0 Å². The number of benzene rings is 2. The summed E-state index contributed by atoms with van der Waals surface area (Å²) in [5.41, 5.74) is 0.602. The number of rotatable bonds is 7. The average Bonchev–Trinajstić information content (AvgIpc) is 2.97. The molecule has 0 radical (unpaired) electrons. The first-order valence-electron chi connectivity index (χ1n) is 10.9. The predicted molar refractivity (Wildman–Crippen MR) is 136 cm³/mol. The predicted octanol–water partition coefficient (Wildman–Crippen LogP) is 5.37. The molecule has 2 aromatic carbocycles. The highest BCUT2D eigenvalue weighted by Gasteiger charge is 2.24. The molecule has 34 heavy (non-hydrogen) atoms. The molecule has 1 aliphatic heterocycles. The third-order valence-electron chi connectivity index (χ3n) is 5.37. The van der Waals surface area contributed by atoms with Crippen molar-refractivity contribution in [3.63, 3.8) is 0 Å². The summed E-state index contributed by atoms with van der Waals surface area (Å²) in [7, 11) is -4.24. The van der Waals surface area contributed by atoms with E-state index in [1.54, 1.807) is 12.1 Å². The van der Waals surface area contributed by atoms with E-state index in [0.717, 1.165) is 19.6 Å². The standard InChI is InChI=1S/C22H24Cl2N4O4S2/c23-16-6-5-7-17(24)20(16)34(30,31)32-15-8-9-18-19(14-15)33-22(26-18)27-21(29)25-10-13-28-11-3-1-2-4-12-28/h5-9,14H,1-4,10-13H2,(H2,25,26,27,29). The van der Waals surface area contributed by atoms with Crippen molar-refractivity contribution < 1.29 is 17.4 Å². The minimum atomic E-state index is -4.24. The Hall–Kier alpha value is -2.11. The number of amides is 2. The number of likely N-dealkylation sites (tertiary alicyclic amines) is 1. The van der Waals surface area contributed by atoms with Gasteiger partial charge in [0.05, 0.1) is 20.3 Å². The van der Waals surface area contributed by atoms with Crippen LogP contribution in [0.3, 0.4) is 0 Å². The highest BCUT2D eigenvalue weighted by molar-refractivity contribution is 7.87. The molecule has 182 valence electrons. The van der Waals surface area contributed by atoms with E-state index in [-0.39, 0.29) is 26.7 Å². The SMILES string of the molecule is O=C(NCCN1CCCCCC1)Nc1nc2ccc(OS(=O)(=O)c3c(Cl)cccc3Cl)cc2s1. The Labute approximate surface area is 212 Å². The van der Waals surface area contributed by atoms with Crippen molar-refractivity contribution in [1.82, 2.24) is 15.2 Å². The molecule has 0 saturated carbocycles. The summed E-state index contributed by atoms with van der Waals surface area (Å²) in [6.45, 7) is 3.52. The van der Waals surface area contributed by atoms with Gasteiger partial charge in [-0.15, -0.1) is 0 Å². The number of hydrogen-bond donors (Lipinski definition) is 2. The molecule has 3 aromatic rings. The zero-order valence-electron chi connectivity index (χ0n) is 18.2. The van der Waals surface area contributed by atoms with Gasteiger partial charge in [-0.2, -0.15) is 8.42 Å². The van der Waals surface area contributed by atoms with Gasteiger partial charge < -0.3 is 14.4 Å². The molecule has 4 rings (SSSR count). The van der Waals surface area contributed by atoms with E-state index in [4.69, 9.17) is 27.4 Å². The van der Waals surface area contributed by atoms with E-state index >= 15 is 0 Å². The Kier molecular flexibility index (Phi) is 8.15. The van der Waals surface area contributed by atoms with Crippen molar-refractivity contribution in [3.8, 4) is 5.75 Å². The maximum absolute atomic E-state index is 12.7. The molecule has 0 unspecified atom stereocenters. The monoisotopic (exact) mass is 542 g/mol. The van der Waals surface area contributed by atoms with Gasteiger partial charge in [0.15, 0.2) is 5.13 Å². The highest BCUT2D eigenvalue weighted by Crippen LogP contribution is 2.34. The summed E-state index contributed by atoms with van der Waals surface area (Å²) < 4.78 is 31.3. The van der Waals surface area contributed by atoms with Crippen LogP contribution >= 0.6 is 34.5 Å². The van der Waals surface area contributed by atoms with Crippen LogP contribution in [0.15, 0.2) is 41.3 Å². The largest absolute Gasteiger partial charge is 0.379 e. The fourth-order valence-electron chi connectivity index (χ4n) is 3.73. The average molecular weight is 543 g/mol.